The Labute approximate surface area is 147 Å². The van der Waals surface area contributed by atoms with E-state index in [1.807, 2.05) is 26.0 Å². The largest absolute Gasteiger partial charge is 0.478 e. The third-order valence-electron chi connectivity index (χ3n) is 4.64. The molecule has 0 aromatic heterocycles. The summed E-state index contributed by atoms with van der Waals surface area (Å²) in [7, 11) is 0. The van der Waals surface area contributed by atoms with Crippen LogP contribution in [0.1, 0.15) is 40.9 Å². The van der Waals surface area contributed by atoms with Crippen LogP contribution in [0.4, 0.5) is 0 Å². The van der Waals surface area contributed by atoms with Crippen molar-refractivity contribution in [3.05, 3.63) is 70.0 Å². The van der Waals surface area contributed by atoms with Crippen LogP contribution in [0, 0.1) is 6.92 Å². The number of nitrogens with zero attached hydrogens (tertiary/aromatic N) is 1. The number of hydrogen-bond acceptors (Lipinski definition) is 4. The fourth-order valence-corrected chi connectivity index (χ4v) is 3.27. The second-order valence-corrected chi connectivity index (χ2v) is 6.93. The average molecular weight is 335 g/mol. The van der Waals surface area contributed by atoms with Crippen molar-refractivity contribution in [2.24, 2.45) is 0 Å². The van der Waals surface area contributed by atoms with Crippen molar-refractivity contribution in [2.45, 2.75) is 33.9 Å². The van der Waals surface area contributed by atoms with Gasteiger partial charge in [0, 0.05) is 13.1 Å². The van der Waals surface area contributed by atoms with Gasteiger partial charge in [-0.25, -0.2) is 0 Å². The number of aryl methyl sites for hydroxylation is 1. The summed E-state index contributed by atoms with van der Waals surface area (Å²) in [5, 5.41) is 0. The Morgan fingerprint density at radius 2 is 1.88 bits per heavy atom. The molecule has 0 N–H and O–H groups in total. The van der Waals surface area contributed by atoms with Gasteiger partial charge in [0.15, 0.2) is 5.76 Å². The quantitative estimate of drug-likeness (QED) is 0.771. The zero-order valence-corrected chi connectivity index (χ0v) is 14.8. The number of ketones is 1. The van der Waals surface area contributed by atoms with Gasteiger partial charge >= 0.3 is 0 Å². The van der Waals surface area contributed by atoms with E-state index in [0.29, 0.717) is 30.3 Å². The first kappa shape index (κ1) is 15.9. The smallest absolute Gasteiger partial charge is 0.231 e. The van der Waals surface area contributed by atoms with Gasteiger partial charge in [0.05, 0.1) is 11.1 Å². The van der Waals surface area contributed by atoms with Gasteiger partial charge in [-0.3, -0.25) is 9.69 Å². The van der Waals surface area contributed by atoms with Gasteiger partial charge in [-0.05, 0) is 44.0 Å². The molecule has 4 nitrogen and oxygen atoms in total. The minimum atomic E-state index is -0.0338. The number of fused-ring (bicyclic) bond motifs is 3. The van der Waals surface area contributed by atoms with Gasteiger partial charge in [-0.1, -0.05) is 29.8 Å². The summed E-state index contributed by atoms with van der Waals surface area (Å²) in [6.45, 7) is 7.91. The summed E-state index contributed by atoms with van der Waals surface area (Å²) in [5.41, 5.74) is 4.98. The van der Waals surface area contributed by atoms with Gasteiger partial charge in [-0.15, -0.1) is 0 Å². The molecule has 0 atom stereocenters. The van der Waals surface area contributed by atoms with Crippen molar-refractivity contribution in [3.8, 4) is 11.5 Å². The van der Waals surface area contributed by atoms with Crippen LogP contribution in [-0.2, 0) is 13.1 Å². The molecule has 0 bridgehead atoms. The number of hydrogen-bond donors (Lipinski definition) is 0. The Kier molecular flexibility index (Phi) is 3.85. The van der Waals surface area contributed by atoms with E-state index in [4.69, 9.17) is 9.47 Å². The molecule has 2 aliphatic heterocycles. The third-order valence-corrected chi connectivity index (χ3v) is 4.64. The minimum Gasteiger partial charge on any atom is -0.478 e. The normalized spacial score (nSPS) is 16.1. The van der Waals surface area contributed by atoms with Crippen LogP contribution >= 0.6 is 0 Å². The van der Waals surface area contributed by atoms with Crippen molar-refractivity contribution >= 4 is 5.78 Å². The van der Waals surface area contributed by atoms with Gasteiger partial charge in [0.2, 0.25) is 5.78 Å². The fourth-order valence-electron chi connectivity index (χ4n) is 3.27. The van der Waals surface area contributed by atoms with Crippen molar-refractivity contribution in [1.29, 1.82) is 0 Å². The molecule has 0 saturated heterocycles. The van der Waals surface area contributed by atoms with Crippen LogP contribution in [0.15, 0.2) is 47.7 Å². The van der Waals surface area contributed by atoms with Crippen molar-refractivity contribution in [1.82, 2.24) is 4.90 Å². The second kappa shape index (κ2) is 6.05. The molecule has 4 heteroatoms. The van der Waals surface area contributed by atoms with Crippen molar-refractivity contribution in [2.75, 3.05) is 6.73 Å². The number of ether oxygens (including phenoxy) is 2. The zero-order chi connectivity index (χ0) is 17.6. The highest BCUT2D eigenvalue weighted by Gasteiger charge is 2.34. The molecule has 0 radical (unpaired) electrons. The number of allylic oxidation sites excluding steroid dienone is 2. The van der Waals surface area contributed by atoms with E-state index in [1.165, 1.54) is 11.1 Å². The van der Waals surface area contributed by atoms with Gasteiger partial charge in [-0.2, -0.15) is 0 Å². The molecule has 4 rings (SSSR count). The predicted molar refractivity (Wildman–Crippen MR) is 95.7 cm³/mol. The molecular formula is C21H21NO3. The molecule has 0 spiro atoms. The standard InChI is InChI=1S/C21H21NO3/c1-13(2)20-19(23)16-8-9-18-17(21(16)25-20)11-22(12-24-18)10-15-6-4-14(3)5-7-15/h4-9H,10-12H2,1-3H3. The van der Waals surface area contributed by atoms with E-state index in [2.05, 4.69) is 36.1 Å². The van der Waals surface area contributed by atoms with Crippen LogP contribution in [0.2, 0.25) is 0 Å². The number of carbonyl (C=O) groups is 1. The number of Topliss-reactive ketones (excluding diaryl/α,β-unsaturated/α-hetero) is 1. The molecule has 25 heavy (non-hydrogen) atoms. The molecular weight excluding hydrogens is 314 g/mol. The molecule has 2 aromatic carbocycles. The summed E-state index contributed by atoms with van der Waals surface area (Å²) >= 11 is 0. The lowest BCUT2D eigenvalue weighted by molar-refractivity contribution is 0.0872. The molecule has 0 saturated carbocycles. The predicted octanol–water partition coefficient (Wildman–Crippen LogP) is 4.22. The Hall–Kier alpha value is -2.59. The van der Waals surface area contributed by atoms with Crippen molar-refractivity contribution in [3.63, 3.8) is 0 Å². The van der Waals surface area contributed by atoms with Crippen LogP contribution in [-0.4, -0.2) is 17.4 Å². The van der Waals surface area contributed by atoms with Crippen molar-refractivity contribution < 1.29 is 14.3 Å². The maximum Gasteiger partial charge on any atom is 0.231 e. The highest BCUT2D eigenvalue weighted by molar-refractivity contribution is 6.13. The van der Waals surface area contributed by atoms with Crippen LogP contribution < -0.4 is 9.47 Å². The van der Waals surface area contributed by atoms with E-state index in [0.717, 1.165) is 23.4 Å². The van der Waals surface area contributed by atoms with Gasteiger partial charge in [0.1, 0.15) is 18.2 Å². The second-order valence-electron chi connectivity index (χ2n) is 6.93. The number of carbonyl (C=O) groups excluding carboxylic acids is 1. The lowest BCUT2D eigenvalue weighted by Crippen LogP contribution is -2.31. The zero-order valence-electron chi connectivity index (χ0n) is 14.8. The molecule has 2 heterocycles. The first-order chi connectivity index (χ1) is 12.0. The fraction of sp³-hybridized carbons (Fsp3) is 0.286. The third kappa shape index (κ3) is 2.83. The van der Waals surface area contributed by atoms with E-state index in [9.17, 15) is 4.79 Å². The highest BCUT2D eigenvalue weighted by Crippen LogP contribution is 2.42. The lowest BCUT2D eigenvalue weighted by atomic mass is 10.0. The Morgan fingerprint density at radius 1 is 1.12 bits per heavy atom. The number of rotatable bonds is 2. The highest BCUT2D eigenvalue weighted by atomic mass is 16.5. The van der Waals surface area contributed by atoms with Gasteiger partial charge in [0.25, 0.3) is 0 Å². The Balaban J connectivity index is 1.62. The molecule has 0 unspecified atom stereocenters. The molecule has 128 valence electrons. The Morgan fingerprint density at radius 3 is 2.60 bits per heavy atom. The summed E-state index contributed by atoms with van der Waals surface area (Å²) in [5.74, 6) is 1.88. The lowest BCUT2D eigenvalue weighted by Gasteiger charge is -2.29. The Bertz CT molecular complexity index is 877. The summed E-state index contributed by atoms with van der Waals surface area (Å²) in [6.07, 6.45) is 0. The van der Waals surface area contributed by atoms with E-state index >= 15 is 0 Å². The molecule has 0 fully saturated rings. The maximum absolute atomic E-state index is 12.5. The summed E-state index contributed by atoms with van der Waals surface area (Å²) < 4.78 is 11.8. The monoisotopic (exact) mass is 335 g/mol. The molecule has 0 amide bonds. The van der Waals surface area contributed by atoms with E-state index < -0.39 is 0 Å². The molecule has 2 aromatic rings. The first-order valence-corrected chi connectivity index (χ1v) is 8.49. The first-order valence-electron chi connectivity index (χ1n) is 8.49. The van der Waals surface area contributed by atoms with E-state index in [1.54, 1.807) is 0 Å². The van der Waals surface area contributed by atoms with Crippen LogP contribution in [0.5, 0.6) is 11.5 Å². The molecule has 2 aliphatic rings. The topological polar surface area (TPSA) is 38.8 Å². The summed E-state index contributed by atoms with van der Waals surface area (Å²) in [4.78, 5) is 14.7. The average Bonchev–Trinajstić information content (AvgIpc) is 2.95. The molecule has 0 aliphatic carbocycles. The minimum absolute atomic E-state index is 0.0338. The van der Waals surface area contributed by atoms with E-state index in [-0.39, 0.29) is 5.78 Å². The van der Waals surface area contributed by atoms with Gasteiger partial charge < -0.3 is 9.47 Å². The van der Waals surface area contributed by atoms with Crippen LogP contribution in [0.25, 0.3) is 0 Å². The SMILES string of the molecule is CC(C)=C1Oc2c(ccc3c2CN(Cc2ccc(C)cc2)CO3)C1=O. The summed E-state index contributed by atoms with van der Waals surface area (Å²) in [6, 6.07) is 12.2. The number of benzene rings is 2. The maximum atomic E-state index is 12.5. The van der Waals surface area contributed by atoms with Crippen LogP contribution in [0.3, 0.4) is 0 Å².